The monoisotopic (exact) mass is 731 g/mol. The number of furan rings is 2. The van der Waals surface area contributed by atoms with Crippen LogP contribution in [0.1, 0.15) is 16.7 Å². The SMILES string of the molecule is Cc1cc(-c2ccccc2)ccc1-c1cc(N(c2ccccc2)c2ccccc2)cc2oc3c4ccccc4cc(Cc4ccc5c(c4)oc4ccccc45)c3c12. The summed E-state index contributed by atoms with van der Waals surface area (Å²) >= 11 is 0. The molecule has 0 aliphatic rings. The van der Waals surface area contributed by atoms with Gasteiger partial charge in [0.1, 0.15) is 22.3 Å². The van der Waals surface area contributed by atoms with Crippen molar-refractivity contribution in [3.05, 3.63) is 211 Å². The molecular formula is C54H37NO2. The van der Waals surface area contributed by atoms with E-state index in [1.54, 1.807) is 0 Å². The number of anilines is 3. The highest BCUT2D eigenvalue weighted by Gasteiger charge is 2.23. The van der Waals surface area contributed by atoms with Gasteiger partial charge in [0.15, 0.2) is 0 Å². The van der Waals surface area contributed by atoms with Gasteiger partial charge in [-0.1, -0.05) is 140 Å². The summed E-state index contributed by atoms with van der Waals surface area (Å²) in [6.45, 7) is 2.23. The maximum absolute atomic E-state index is 7.17. The predicted octanol–water partition coefficient (Wildman–Crippen LogP) is 15.3. The Labute approximate surface area is 330 Å². The van der Waals surface area contributed by atoms with Crippen molar-refractivity contribution in [3.8, 4) is 22.3 Å². The highest BCUT2D eigenvalue weighted by atomic mass is 16.3. The van der Waals surface area contributed by atoms with Gasteiger partial charge < -0.3 is 13.7 Å². The van der Waals surface area contributed by atoms with E-state index in [-0.39, 0.29) is 0 Å². The van der Waals surface area contributed by atoms with Crippen molar-refractivity contribution in [2.24, 2.45) is 0 Å². The molecule has 2 aromatic heterocycles. The Hall–Kier alpha value is -7.36. The van der Waals surface area contributed by atoms with Gasteiger partial charge >= 0.3 is 0 Å². The minimum atomic E-state index is 0.718. The van der Waals surface area contributed by atoms with Crippen LogP contribution in [0.25, 0.3) is 76.9 Å². The number of hydrogen-bond donors (Lipinski definition) is 0. The molecule has 3 heteroatoms. The average molecular weight is 732 g/mol. The van der Waals surface area contributed by atoms with Gasteiger partial charge in [-0.15, -0.1) is 0 Å². The molecule has 57 heavy (non-hydrogen) atoms. The van der Waals surface area contributed by atoms with E-state index in [9.17, 15) is 0 Å². The molecule has 9 aromatic carbocycles. The van der Waals surface area contributed by atoms with Gasteiger partial charge in [0.25, 0.3) is 0 Å². The third kappa shape index (κ3) is 5.67. The van der Waals surface area contributed by atoms with Crippen molar-refractivity contribution < 1.29 is 8.83 Å². The number of rotatable bonds is 7. The summed E-state index contributed by atoms with van der Waals surface area (Å²) in [5.41, 5.74) is 15.1. The van der Waals surface area contributed by atoms with Crippen LogP contribution in [-0.2, 0) is 6.42 Å². The van der Waals surface area contributed by atoms with Gasteiger partial charge in [-0.3, -0.25) is 0 Å². The van der Waals surface area contributed by atoms with Crippen LogP contribution in [0.3, 0.4) is 0 Å². The zero-order chi connectivity index (χ0) is 37.9. The molecule has 3 nitrogen and oxygen atoms in total. The quantitative estimate of drug-likeness (QED) is 0.163. The van der Waals surface area contributed by atoms with Crippen molar-refractivity contribution in [3.63, 3.8) is 0 Å². The lowest BCUT2D eigenvalue weighted by molar-refractivity contribution is 0.668. The number of para-hydroxylation sites is 3. The molecule has 0 radical (unpaired) electrons. The lowest BCUT2D eigenvalue weighted by Gasteiger charge is -2.26. The minimum absolute atomic E-state index is 0.718. The maximum Gasteiger partial charge on any atom is 0.143 e. The molecule has 0 aliphatic carbocycles. The van der Waals surface area contributed by atoms with Crippen LogP contribution in [0.5, 0.6) is 0 Å². The number of hydrogen-bond acceptors (Lipinski definition) is 3. The second-order valence-corrected chi connectivity index (χ2v) is 14.9. The van der Waals surface area contributed by atoms with E-state index >= 15 is 0 Å². The summed E-state index contributed by atoms with van der Waals surface area (Å²) in [5.74, 6) is 0. The van der Waals surface area contributed by atoms with Gasteiger partial charge in [-0.2, -0.15) is 0 Å². The normalized spacial score (nSPS) is 11.7. The molecule has 11 aromatic rings. The lowest BCUT2D eigenvalue weighted by Crippen LogP contribution is -2.09. The maximum atomic E-state index is 7.17. The Morgan fingerprint density at radius 1 is 0.421 bits per heavy atom. The van der Waals surface area contributed by atoms with Crippen molar-refractivity contribution in [2.75, 3.05) is 4.90 Å². The summed E-state index contributed by atoms with van der Waals surface area (Å²) in [6.07, 6.45) is 0.718. The van der Waals surface area contributed by atoms with Crippen LogP contribution >= 0.6 is 0 Å². The molecule has 0 saturated heterocycles. The van der Waals surface area contributed by atoms with E-state index in [1.807, 2.05) is 12.1 Å². The summed E-state index contributed by atoms with van der Waals surface area (Å²) in [4.78, 5) is 2.32. The molecule has 11 rings (SSSR count). The van der Waals surface area contributed by atoms with Crippen LogP contribution in [0.2, 0.25) is 0 Å². The molecule has 0 bridgehead atoms. The van der Waals surface area contributed by atoms with Gasteiger partial charge in [-0.05, 0) is 106 Å². The number of aryl methyl sites for hydroxylation is 1. The smallest absolute Gasteiger partial charge is 0.143 e. The van der Waals surface area contributed by atoms with Gasteiger partial charge in [-0.25, -0.2) is 0 Å². The molecule has 0 amide bonds. The minimum Gasteiger partial charge on any atom is -0.456 e. The lowest BCUT2D eigenvalue weighted by atomic mass is 9.89. The standard InChI is InChI=1S/C54H37NO2/c1-35-29-38(37-15-5-2-6-16-37)26-28-44(35)48-33-43(55(41-18-7-3-8-19-41)42-20-9-4-10-21-42)34-51-53(48)52-40(32-39-17-11-12-22-45(39)54(52)57-51)30-36-25-27-47-46-23-13-14-24-49(46)56-50(47)31-36/h2-29,31-34H,30H2,1H3. The Bertz CT molecular complexity index is 3230. The molecule has 0 atom stereocenters. The van der Waals surface area contributed by atoms with Crippen molar-refractivity contribution >= 4 is 71.7 Å². The fourth-order valence-corrected chi connectivity index (χ4v) is 8.76. The van der Waals surface area contributed by atoms with Crippen LogP contribution in [-0.4, -0.2) is 0 Å². The largest absolute Gasteiger partial charge is 0.456 e. The first kappa shape index (κ1) is 33.0. The topological polar surface area (TPSA) is 29.5 Å². The fourth-order valence-electron chi connectivity index (χ4n) is 8.76. The summed E-state index contributed by atoms with van der Waals surface area (Å²) in [5, 5.41) is 6.80. The van der Waals surface area contributed by atoms with Crippen LogP contribution in [0.4, 0.5) is 17.1 Å². The van der Waals surface area contributed by atoms with E-state index < -0.39 is 0 Å². The van der Waals surface area contributed by atoms with Crippen molar-refractivity contribution in [1.82, 2.24) is 0 Å². The van der Waals surface area contributed by atoms with Gasteiger partial charge in [0, 0.05) is 44.4 Å². The van der Waals surface area contributed by atoms with Crippen LogP contribution < -0.4 is 4.90 Å². The second kappa shape index (κ2) is 13.4. The first-order valence-corrected chi connectivity index (χ1v) is 19.5. The van der Waals surface area contributed by atoms with Crippen LogP contribution in [0.15, 0.2) is 203 Å². The Morgan fingerprint density at radius 2 is 1.09 bits per heavy atom. The summed E-state index contributed by atoms with van der Waals surface area (Å²) < 4.78 is 13.5. The number of benzene rings is 9. The first-order valence-electron chi connectivity index (χ1n) is 19.5. The zero-order valence-corrected chi connectivity index (χ0v) is 31.4. The molecule has 0 fully saturated rings. The Balaban J connectivity index is 1.19. The molecule has 0 saturated carbocycles. The third-order valence-electron chi connectivity index (χ3n) is 11.4. The molecule has 270 valence electrons. The first-order chi connectivity index (χ1) is 28.2. The zero-order valence-electron chi connectivity index (χ0n) is 31.4. The Morgan fingerprint density at radius 3 is 1.84 bits per heavy atom. The summed E-state index contributed by atoms with van der Waals surface area (Å²) in [6, 6.07) is 69.1. The molecule has 0 unspecified atom stereocenters. The highest BCUT2D eigenvalue weighted by molar-refractivity contribution is 6.21. The van der Waals surface area contributed by atoms with Gasteiger partial charge in [0.05, 0.1) is 5.69 Å². The predicted molar refractivity (Wildman–Crippen MR) is 238 cm³/mol. The molecule has 0 aliphatic heterocycles. The second-order valence-electron chi connectivity index (χ2n) is 14.9. The van der Waals surface area contributed by atoms with E-state index in [1.165, 1.54) is 33.4 Å². The Kier molecular flexibility index (Phi) is 7.78. The molecule has 0 N–H and O–H groups in total. The molecular weight excluding hydrogens is 695 g/mol. The van der Waals surface area contributed by atoms with E-state index in [0.29, 0.717) is 0 Å². The van der Waals surface area contributed by atoms with E-state index in [4.69, 9.17) is 8.83 Å². The fraction of sp³-hybridized carbons (Fsp3) is 0.0370. The number of nitrogens with zero attached hydrogens (tertiary/aromatic N) is 1. The van der Waals surface area contributed by atoms with Crippen molar-refractivity contribution in [2.45, 2.75) is 13.3 Å². The number of fused-ring (bicyclic) bond motifs is 8. The molecule has 0 spiro atoms. The van der Waals surface area contributed by atoms with Crippen molar-refractivity contribution in [1.29, 1.82) is 0 Å². The van der Waals surface area contributed by atoms with E-state index in [2.05, 4.69) is 194 Å². The van der Waals surface area contributed by atoms with Gasteiger partial charge in [0.2, 0.25) is 0 Å². The third-order valence-corrected chi connectivity index (χ3v) is 11.4. The summed E-state index contributed by atoms with van der Waals surface area (Å²) in [7, 11) is 0. The van der Waals surface area contributed by atoms with Crippen LogP contribution in [0, 0.1) is 6.92 Å². The highest BCUT2D eigenvalue weighted by Crippen LogP contribution is 2.47. The van der Waals surface area contributed by atoms with E-state index in [0.717, 1.165) is 83.7 Å². The molecule has 2 heterocycles. The average Bonchev–Trinajstić information content (AvgIpc) is 3.84.